The maximum atomic E-state index is 5.92. The Morgan fingerprint density at radius 3 is 2.79 bits per heavy atom. The van der Waals surface area contributed by atoms with Crippen LogP contribution in [0.4, 0.5) is 0 Å². The summed E-state index contributed by atoms with van der Waals surface area (Å²) >= 11 is 0. The third-order valence-electron chi connectivity index (χ3n) is 3.98. The van der Waals surface area contributed by atoms with Gasteiger partial charge in [-0.1, -0.05) is 19.3 Å². The predicted molar refractivity (Wildman–Crippen MR) is 77.2 cm³/mol. The van der Waals surface area contributed by atoms with E-state index in [9.17, 15) is 0 Å². The summed E-state index contributed by atoms with van der Waals surface area (Å²) in [5.41, 5.74) is 2.39. The predicted octanol–water partition coefficient (Wildman–Crippen LogP) is 2.73. The average Bonchev–Trinajstić information content (AvgIpc) is 2.75. The Labute approximate surface area is 116 Å². The molecule has 0 amide bonds. The van der Waals surface area contributed by atoms with E-state index in [0.717, 1.165) is 18.8 Å². The number of aromatic nitrogens is 2. The zero-order valence-corrected chi connectivity index (χ0v) is 12.5. The van der Waals surface area contributed by atoms with Crippen molar-refractivity contribution in [3.63, 3.8) is 0 Å². The van der Waals surface area contributed by atoms with E-state index in [4.69, 9.17) is 4.74 Å². The van der Waals surface area contributed by atoms with E-state index in [1.807, 2.05) is 11.7 Å². The van der Waals surface area contributed by atoms with Gasteiger partial charge < -0.3 is 10.1 Å². The molecule has 1 N–H and O–H groups in total. The van der Waals surface area contributed by atoms with Gasteiger partial charge in [-0.05, 0) is 26.7 Å². The van der Waals surface area contributed by atoms with Crippen LogP contribution < -0.4 is 5.32 Å². The highest BCUT2D eigenvalue weighted by molar-refractivity contribution is 5.19. The van der Waals surface area contributed by atoms with E-state index in [0.29, 0.717) is 12.1 Å². The highest BCUT2D eigenvalue weighted by Crippen LogP contribution is 2.20. The van der Waals surface area contributed by atoms with Gasteiger partial charge >= 0.3 is 0 Å². The van der Waals surface area contributed by atoms with E-state index in [1.54, 1.807) is 0 Å². The molecule has 4 nitrogen and oxygen atoms in total. The zero-order chi connectivity index (χ0) is 13.7. The molecule has 1 saturated carbocycles. The Balaban J connectivity index is 1.66. The number of ether oxygens (including phenoxy) is 1. The Morgan fingerprint density at radius 1 is 1.42 bits per heavy atom. The van der Waals surface area contributed by atoms with Crippen LogP contribution in [0.25, 0.3) is 0 Å². The largest absolute Gasteiger partial charge is 0.377 e. The van der Waals surface area contributed by atoms with E-state index in [2.05, 4.69) is 30.5 Å². The van der Waals surface area contributed by atoms with Crippen molar-refractivity contribution < 1.29 is 4.74 Å². The summed E-state index contributed by atoms with van der Waals surface area (Å²) in [7, 11) is 1.97. The van der Waals surface area contributed by atoms with E-state index in [1.165, 1.54) is 37.7 Å². The maximum Gasteiger partial charge on any atom is 0.0641 e. The third kappa shape index (κ3) is 4.32. The molecular formula is C15H27N3O. The molecule has 0 bridgehead atoms. The minimum absolute atomic E-state index is 0.337. The minimum atomic E-state index is 0.337. The van der Waals surface area contributed by atoms with Crippen molar-refractivity contribution in [3.8, 4) is 0 Å². The topological polar surface area (TPSA) is 39.1 Å². The first-order valence-corrected chi connectivity index (χ1v) is 7.52. The van der Waals surface area contributed by atoms with E-state index in [-0.39, 0.29) is 0 Å². The summed E-state index contributed by atoms with van der Waals surface area (Å²) in [5.74, 6) is 0. The molecule has 1 atom stereocenters. The van der Waals surface area contributed by atoms with Crippen LogP contribution in [0.3, 0.4) is 0 Å². The molecule has 1 unspecified atom stereocenters. The van der Waals surface area contributed by atoms with Crippen LogP contribution in [-0.4, -0.2) is 29.0 Å². The van der Waals surface area contributed by atoms with Gasteiger partial charge in [-0.3, -0.25) is 4.68 Å². The van der Waals surface area contributed by atoms with Crippen molar-refractivity contribution in [2.75, 3.05) is 13.2 Å². The van der Waals surface area contributed by atoms with Crippen molar-refractivity contribution in [1.82, 2.24) is 15.1 Å². The lowest BCUT2D eigenvalue weighted by atomic mass is 9.98. The molecule has 1 aliphatic carbocycles. The molecule has 108 valence electrons. The lowest BCUT2D eigenvalue weighted by Gasteiger charge is -2.22. The number of hydrogen-bond donors (Lipinski definition) is 1. The molecule has 4 heteroatoms. The number of hydrogen-bond acceptors (Lipinski definition) is 3. The summed E-state index contributed by atoms with van der Waals surface area (Å²) in [6.07, 6.45) is 9.15. The lowest BCUT2D eigenvalue weighted by Crippen LogP contribution is -2.26. The number of aryl methyl sites for hydroxylation is 2. The quantitative estimate of drug-likeness (QED) is 0.804. The summed E-state index contributed by atoms with van der Waals surface area (Å²) in [5, 5.41) is 7.89. The molecular weight excluding hydrogens is 238 g/mol. The molecule has 19 heavy (non-hydrogen) atoms. The Bertz CT molecular complexity index is 383. The van der Waals surface area contributed by atoms with E-state index >= 15 is 0 Å². The molecule has 2 rings (SSSR count). The fourth-order valence-electron chi connectivity index (χ4n) is 2.89. The van der Waals surface area contributed by atoms with Gasteiger partial charge in [0.2, 0.25) is 0 Å². The molecule has 1 heterocycles. The molecule has 0 aromatic carbocycles. The van der Waals surface area contributed by atoms with Crippen LogP contribution in [0, 0.1) is 6.92 Å². The van der Waals surface area contributed by atoms with Gasteiger partial charge in [0.1, 0.15) is 0 Å². The van der Waals surface area contributed by atoms with Crippen LogP contribution in [0.1, 0.15) is 56.3 Å². The fourth-order valence-corrected chi connectivity index (χ4v) is 2.89. The third-order valence-corrected chi connectivity index (χ3v) is 3.98. The van der Waals surface area contributed by atoms with Crippen LogP contribution in [0.15, 0.2) is 6.20 Å². The monoisotopic (exact) mass is 265 g/mol. The molecule has 1 fully saturated rings. The number of nitrogens with zero attached hydrogens (tertiary/aromatic N) is 2. The van der Waals surface area contributed by atoms with Crippen molar-refractivity contribution in [1.29, 1.82) is 0 Å². The van der Waals surface area contributed by atoms with Gasteiger partial charge in [-0.15, -0.1) is 0 Å². The Morgan fingerprint density at radius 2 is 2.16 bits per heavy atom. The first kappa shape index (κ1) is 14.5. The maximum absolute atomic E-state index is 5.92. The fraction of sp³-hybridized carbons (Fsp3) is 0.800. The minimum Gasteiger partial charge on any atom is -0.377 e. The SMILES string of the molecule is Cc1nn(C)cc1C(C)NCCOC1CCCCC1. The molecule has 0 spiro atoms. The number of nitrogens with one attached hydrogen (secondary N) is 1. The number of rotatable bonds is 6. The summed E-state index contributed by atoms with van der Waals surface area (Å²) in [4.78, 5) is 0. The van der Waals surface area contributed by atoms with Crippen LogP contribution >= 0.6 is 0 Å². The molecule has 0 aliphatic heterocycles. The van der Waals surface area contributed by atoms with Crippen LogP contribution in [-0.2, 0) is 11.8 Å². The normalized spacial score (nSPS) is 18.7. The molecule has 1 aromatic heterocycles. The van der Waals surface area contributed by atoms with Crippen molar-refractivity contribution in [3.05, 3.63) is 17.5 Å². The Kier molecular flexibility index (Phi) is 5.40. The van der Waals surface area contributed by atoms with Crippen LogP contribution in [0.5, 0.6) is 0 Å². The smallest absolute Gasteiger partial charge is 0.0641 e. The van der Waals surface area contributed by atoms with Gasteiger partial charge in [0.05, 0.1) is 18.4 Å². The van der Waals surface area contributed by atoms with Gasteiger partial charge in [0, 0.05) is 31.4 Å². The molecule has 0 saturated heterocycles. The highest BCUT2D eigenvalue weighted by atomic mass is 16.5. The van der Waals surface area contributed by atoms with Crippen molar-refractivity contribution in [2.24, 2.45) is 7.05 Å². The second kappa shape index (κ2) is 7.06. The van der Waals surface area contributed by atoms with Gasteiger partial charge in [-0.25, -0.2) is 0 Å². The van der Waals surface area contributed by atoms with Crippen molar-refractivity contribution in [2.45, 2.75) is 58.1 Å². The lowest BCUT2D eigenvalue weighted by molar-refractivity contribution is 0.0295. The molecule has 1 aliphatic rings. The first-order chi connectivity index (χ1) is 9.16. The van der Waals surface area contributed by atoms with Gasteiger partial charge in [-0.2, -0.15) is 5.10 Å². The highest BCUT2D eigenvalue weighted by Gasteiger charge is 2.14. The molecule has 0 radical (unpaired) electrons. The van der Waals surface area contributed by atoms with Gasteiger partial charge in [0.15, 0.2) is 0 Å². The van der Waals surface area contributed by atoms with Crippen LogP contribution in [0.2, 0.25) is 0 Å². The summed E-state index contributed by atoms with van der Waals surface area (Å²) < 4.78 is 7.80. The van der Waals surface area contributed by atoms with Gasteiger partial charge in [0.25, 0.3) is 0 Å². The van der Waals surface area contributed by atoms with E-state index < -0.39 is 0 Å². The zero-order valence-electron chi connectivity index (χ0n) is 12.5. The summed E-state index contributed by atoms with van der Waals surface area (Å²) in [6.45, 7) is 5.97. The van der Waals surface area contributed by atoms with Crippen molar-refractivity contribution >= 4 is 0 Å². The molecule has 1 aromatic rings. The second-order valence-corrected chi connectivity index (χ2v) is 5.65. The average molecular weight is 265 g/mol. The second-order valence-electron chi connectivity index (χ2n) is 5.65. The first-order valence-electron chi connectivity index (χ1n) is 7.52. The standard InChI is InChI=1S/C15H27N3O/c1-12(15-11-18(3)17-13(15)2)16-9-10-19-14-7-5-4-6-8-14/h11-12,14,16H,4-10H2,1-3H3. The Hall–Kier alpha value is -0.870. The summed E-state index contributed by atoms with van der Waals surface area (Å²) in [6, 6.07) is 0.337.